The van der Waals surface area contributed by atoms with Gasteiger partial charge in [-0.05, 0) is 49.2 Å². The van der Waals surface area contributed by atoms with Crippen LogP contribution in [-0.4, -0.2) is 29.2 Å². The molecule has 2 heterocycles. The van der Waals surface area contributed by atoms with Crippen molar-refractivity contribution >= 4 is 22.9 Å². The highest BCUT2D eigenvalue weighted by Gasteiger charge is 2.12. The highest BCUT2D eigenvalue weighted by atomic mass is 16.5. The van der Waals surface area contributed by atoms with E-state index in [0.29, 0.717) is 12.2 Å². The minimum Gasteiger partial charge on any atom is -0.469 e. The van der Waals surface area contributed by atoms with Crippen LogP contribution in [-0.2, 0) is 16.1 Å². The molecule has 27 heavy (non-hydrogen) atoms. The number of carbonyl (C=O) groups excluding carboxylic acids is 1. The van der Waals surface area contributed by atoms with Gasteiger partial charge in [-0.3, -0.25) is 15.1 Å². The van der Waals surface area contributed by atoms with Crippen LogP contribution in [0.5, 0.6) is 0 Å². The normalized spacial score (nSPS) is 10.8. The molecule has 0 spiro atoms. The van der Waals surface area contributed by atoms with Crippen LogP contribution in [0.15, 0.2) is 48.7 Å². The summed E-state index contributed by atoms with van der Waals surface area (Å²) in [6, 6.07) is 13.8. The van der Waals surface area contributed by atoms with Crippen LogP contribution in [0, 0.1) is 13.8 Å². The number of aromatic nitrogens is 1. The number of fused-ring (bicyclic) bond motifs is 1. The molecule has 0 aliphatic rings. The van der Waals surface area contributed by atoms with Crippen molar-refractivity contribution in [2.75, 3.05) is 24.0 Å². The summed E-state index contributed by atoms with van der Waals surface area (Å²) in [7, 11) is 1.34. The maximum absolute atomic E-state index is 11.3. The number of para-hydroxylation sites is 2. The molecule has 1 aromatic carbocycles. The smallest absolute Gasteiger partial charge is 0.307 e. The fraction of sp³-hybridized carbons (Fsp3) is 0.286. The standard InChI is InChI=1S/C21H25N3O3/c1-15-13-20-17(7-6-11-23(20)16(15)2)14-22-18-8-4-5-9-19(18)24(26)12-10-21(25)27-3/h4-9,11,13,22,26H,10,12,14H2,1-3H3. The lowest BCUT2D eigenvalue weighted by Gasteiger charge is -2.20. The number of pyridine rings is 1. The topological polar surface area (TPSA) is 66.2 Å². The van der Waals surface area contributed by atoms with E-state index in [2.05, 4.69) is 46.6 Å². The molecule has 2 N–H and O–H groups in total. The number of aryl methyl sites for hydroxylation is 2. The quantitative estimate of drug-likeness (QED) is 0.489. The number of nitrogens with zero attached hydrogens (tertiary/aromatic N) is 2. The van der Waals surface area contributed by atoms with Crippen LogP contribution in [0.25, 0.3) is 5.52 Å². The minimum atomic E-state index is -0.356. The van der Waals surface area contributed by atoms with Gasteiger partial charge in [0.15, 0.2) is 0 Å². The molecule has 6 nitrogen and oxygen atoms in total. The summed E-state index contributed by atoms with van der Waals surface area (Å²) in [5.74, 6) is -0.356. The van der Waals surface area contributed by atoms with E-state index >= 15 is 0 Å². The zero-order valence-corrected chi connectivity index (χ0v) is 15.9. The molecule has 0 saturated heterocycles. The molecule has 0 radical (unpaired) electrons. The van der Waals surface area contributed by atoms with Gasteiger partial charge in [-0.25, -0.2) is 0 Å². The first-order valence-corrected chi connectivity index (χ1v) is 8.93. The van der Waals surface area contributed by atoms with Crippen molar-refractivity contribution in [3.63, 3.8) is 0 Å². The largest absolute Gasteiger partial charge is 0.469 e. The summed E-state index contributed by atoms with van der Waals surface area (Å²) in [5.41, 5.74) is 6.25. The molecule has 0 amide bonds. The highest BCUT2D eigenvalue weighted by molar-refractivity contribution is 5.72. The lowest BCUT2D eigenvalue weighted by Crippen LogP contribution is -2.23. The molecule has 0 fully saturated rings. The van der Waals surface area contributed by atoms with E-state index in [1.165, 1.54) is 29.4 Å². The van der Waals surface area contributed by atoms with Crippen molar-refractivity contribution in [3.8, 4) is 0 Å². The van der Waals surface area contributed by atoms with Crippen LogP contribution in [0.2, 0.25) is 0 Å². The maximum Gasteiger partial charge on any atom is 0.307 e. The molecule has 3 rings (SSSR count). The Balaban J connectivity index is 1.77. The average molecular weight is 367 g/mol. The first kappa shape index (κ1) is 18.8. The molecule has 3 aromatic rings. The van der Waals surface area contributed by atoms with Gasteiger partial charge in [0.2, 0.25) is 0 Å². The summed E-state index contributed by atoms with van der Waals surface area (Å²) in [5, 5.41) is 14.8. The Morgan fingerprint density at radius 2 is 2.00 bits per heavy atom. The molecule has 142 valence electrons. The third-order valence-corrected chi connectivity index (χ3v) is 4.81. The Labute approximate surface area is 158 Å². The Kier molecular flexibility index (Phi) is 5.66. The van der Waals surface area contributed by atoms with Crippen molar-refractivity contribution in [3.05, 3.63) is 65.5 Å². The number of benzene rings is 1. The number of anilines is 2. The third-order valence-electron chi connectivity index (χ3n) is 4.81. The van der Waals surface area contributed by atoms with E-state index in [1.807, 2.05) is 30.3 Å². The molecule has 0 aliphatic heterocycles. The number of hydroxylamine groups is 1. The third kappa shape index (κ3) is 4.06. The zero-order chi connectivity index (χ0) is 19.4. The SMILES string of the molecule is COC(=O)CCN(O)c1ccccc1NCc1cccn2c(C)c(C)cc12. The molecular formula is C21H25N3O3. The number of carbonyl (C=O) groups is 1. The number of hydrogen-bond donors (Lipinski definition) is 2. The van der Waals surface area contributed by atoms with Gasteiger partial charge in [-0.15, -0.1) is 0 Å². The Morgan fingerprint density at radius 1 is 1.22 bits per heavy atom. The summed E-state index contributed by atoms with van der Waals surface area (Å²) < 4.78 is 6.82. The van der Waals surface area contributed by atoms with Gasteiger partial charge in [-0.2, -0.15) is 0 Å². The maximum atomic E-state index is 11.3. The predicted molar refractivity (Wildman–Crippen MR) is 106 cm³/mol. The van der Waals surface area contributed by atoms with Crippen LogP contribution >= 0.6 is 0 Å². The second-order valence-electron chi connectivity index (χ2n) is 6.52. The summed E-state index contributed by atoms with van der Waals surface area (Å²) in [6.45, 7) is 5.01. The summed E-state index contributed by atoms with van der Waals surface area (Å²) >= 11 is 0. The van der Waals surface area contributed by atoms with Crippen LogP contribution in [0.1, 0.15) is 23.2 Å². The van der Waals surface area contributed by atoms with Crippen molar-refractivity contribution in [2.24, 2.45) is 0 Å². The average Bonchev–Trinajstić information content (AvgIpc) is 2.99. The van der Waals surface area contributed by atoms with Gasteiger partial charge in [0.25, 0.3) is 0 Å². The molecular weight excluding hydrogens is 342 g/mol. The Bertz CT molecular complexity index is 949. The van der Waals surface area contributed by atoms with E-state index in [0.717, 1.165) is 10.8 Å². The predicted octanol–water partition coefficient (Wildman–Crippen LogP) is 3.93. The number of hydrogen-bond acceptors (Lipinski definition) is 5. The van der Waals surface area contributed by atoms with Gasteiger partial charge >= 0.3 is 5.97 Å². The summed E-state index contributed by atoms with van der Waals surface area (Å²) in [4.78, 5) is 11.3. The molecule has 6 heteroatoms. The number of esters is 1. The van der Waals surface area contributed by atoms with Gasteiger partial charge < -0.3 is 14.5 Å². The fourth-order valence-corrected chi connectivity index (χ4v) is 3.13. The second-order valence-corrected chi connectivity index (χ2v) is 6.52. The molecule has 0 unspecified atom stereocenters. The van der Waals surface area contributed by atoms with E-state index in [4.69, 9.17) is 0 Å². The highest BCUT2D eigenvalue weighted by Crippen LogP contribution is 2.26. The molecule has 2 aromatic heterocycles. The fourth-order valence-electron chi connectivity index (χ4n) is 3.13. The van der Waals surface area contributed by atoms with Gasteiger partial charge in [0.05, 0.1) is 37.0 Å². The van der Waals surface area contributed by atoms with E-state index in [-0.39, 0.29) is 18.9 Å². The van der Waals surface area contributed by atoms with Crippen LogP contribution < -0.4 is 10.4 Å². The number of nitrogens with one attached hydrogen (secondary N) is 1. The van der Waals surface area contributed by atoms with Crippen molar-refractivity contribution < 1.29 is 14.7 Å². The van der Waals surface area contributed by atoms with Crippen LogP contribution in [0.3, 0.4) is 0 Å². The Morgan fingerprint density at radius 3 is 2.78 bits per heavy atom. The van der Waals surface area contributed by atoms with Gasteiger partial charge in [-0.1, -0.05) is 18.2 Å². The Hall–Kier alpha value is -2.99. The van der Waals surface area contributed by atoms with Crippen molar-refractivity contribution in [2.45, 2.75) is 26.8 Å². The first-order valence-electron chi connectivity index (χ1n) is 8.93. The van der Waals surface area contributed by atoms with Gasteiger partial charge in [0, 0.05) is 18.4 Å². The summed E-state index contributed by atoms with van der Waals surface area (Å²) in [6.07, 6.45) is 2.18. The molecule has 0 saturated carbocycles. The second kappa shape index (κ2) is 8.14. The van der Waals surface area contributed by atoms with E-state index in [1.54, 1.807) is 0 Å². The van der Waals surface area contributed by atoms with Crippen molar-refractivity contribution in [1.82, 2.24) is 4.40 Å². The number of ether oxygens (including phenoxy) is 1. The first-order chi connectivity index (χ1) is 13.0. The minimum absolute atomic E-state index is 0.114. The lowest BCUT2D eigenvalue weighted by molar-refractivity contribution is -0.140. The van der Waals surface area contributed by atoms with E-state index < -0.39 is 0 Å². The zero-order valence-electron chi connectivity index (χ0n) is 15.9. The van der Waals surface area contributed by atoms with Crippen LogP contribution in [0.4, 0.5) is 11.4 Å². The molecule has 0 aliphatic carbocycles. The molecule has 0 atom stereocenters. The van der Waals surface area contributed by atoms with Gasteiger partial charge in [0.1, 0.15) is 0 Å². The molecule has 0 bridgehead atoms. The monoisotopic (exact) mass is 367 g/mol. The number of rotatable bonds is 7. The lowest BCUT2D eigenvalue weighted by atomic mass is 10.2. The number of methoxy groups -OCH3 is 1. The van der Waals surface area contributed by atoms with E-state index in [9.17, 15) is 10.0 Å². The van der Waals surface area contributed by atoms with Crippen molar-refractivity contribution in [1.29, 1.82) is 0 Å².